The van der Waals surface area contributed by atoms with Crippen LogP contribution in [-0.4, -0.2) is 18.2 Å². The van der Waals surface area contributed by atoms with Crippen molar-refractivity contribution in [1.82, 2.24) is 5.32 Å². The van der Waals surface area contributed by atoms with Gasteiger partial charge < -0.3 is 15.2 Å². The van der Waals surface area contributed by atoms with Crippen molar-refractivity contribution in [3.8, 4) is 16.9 Å². The maximum atomic E-state index is 13.7. The second kappa shape index (κ2) is 10.5. The van der Waals surface area contributed by atoms with Gasteiger partial charge >= 0.3 is 5.97 Å². The van der Waals surface area contributed by atoms with E-state index in [-0.39, 0.29) is 35.6 Å². The highest BCUT2D eigenvalue weighted by Gasteiger charge is 2.12. The van der Waals surface area contributed by atoms with Crippen LogP contribution in [0.5, 0.6) is 5.75 Å². The summed E-state index contributed by atoms with van der Waals surface area (Å²) in [4.78, 5) is 11.2. The molecule has 4 aromatic carbocycles. The van der Waals surface area contributed by atoms with Crippen LogP contribution in [-0.2, 0) is 6.54 Å². The van der Waals surface area contributed by atoms with Crippen LogP contribution < -0.4 is 10.1 Å². The highest BCUT2D eigenvalue weighted by molar-refractivity contribution is 5.98. The van der Waals surface area contributed by atoms with Crippen LogP contribution in [0.25, 0.3) is 21.9 Å². The molecule has 0 saturated heterocycles. The van der Waals surface area contributed by atoms with E-state index < -0.39 is 5.97 Å². The van der Waals surface area contributed by atoms with E-state index in [0.29, 0.717) is 6.54 Å². The number of methoxy groups -OCH3 is 1. The first-order chi connectivity index (χ1) is 15.5. The minimum absolute atomic E-state index is 0. The number of hydrogen-bond donors (Lipinski definition) is 2. The molecule has 0 amide bonds. The lowest BCUT2D eigenvalue weighted by molar-refractivity contribution is 0.0697. The van der Waals surface area contributed by atoms with Crippen LogP contribution >= 0.6 is 12.4 Å². The highest BCUT2D eigenvalue weighted by atomic mass is 35.5. The molecule has 1 unspecified atom stereocenters. The van der Waals surface area contributed by atoms with Gasteiger partial charge in [0.15, 0.2) is 11.6 Å². The Morgan fingerprint density at radius 3 is 2.45 bits per heavy atom. The van der Waals surface area contributed by atoms with Crippen molar-refractivity contribution in [3.05, 3.63) is 101 Å². The van der Waals surface area contributed by atoms with Crippen molar-refractivity contribution in [2.45, 2.75) is 19.5 Å². The molecule has 4 aromatic rings. The Hall–Kier alpha value is -3.41. The van der Waals surface area contributed by atoms with Gasteiger partial charge in [-0.15, -0.1) is 12.4 Å². The van der Waals surface area contributed by atoms with Gasteiger partial charge in [-0.3, -0.25) is 0 Å². The van der Waals surface area contributed by atoms with Crippen molar-refractivity contribution in [2.75, 3.05) is 7.11 Å². The normalized spacial score (nSPS) is 11.6. The van der Waals surface area contributed by atoms with E-state index >= 15 is 0 Å². The first-order valence-corrected chi connectivity index (χ1v) is 10.4. The molecule has 0 radical (unpaired) electrons. The van der Waals surface area contributed by atoms with E-state index in [2.05, 4.69) is 29.6 Å². The van der Waals surface area contributed by atoms with Gasteiger partial charge in [-0.25, -0.2) is 9.18 Å². The molecule has 0 fully saturated rings. The van der Waals surface area contributed by atoms with Crippen molar-refractivity contribution in [3.63, 3.8) is 0 Å². The predicted molar refractivity (Wildman–Crippen MR) is 132 cm³/mol. The van der Waals surface area contributed by atoms with E-state index in [1.165, 1.54) is 13.2 Å². The maximum Gasteiger partial charge on any atom is 0.335 e. The van der Waals surface area contributed by atoms with Crippen LogP contribution in [0.2, 0.25) is 0 Å². The number of hydrogen-bond acceptors (Lipinski definition) is 3. The monoisotopic (exact) mass is 465 g/mol. The van der Waals surface area contributed by atoms with Gasteiger partial charge in [0.1, 0.15) is 0 Å². The SMILES string of the molecule is COc1cc(C(C)NCc2cc(-c3ccc(C(=O)O)cc3)c3ccccc3c2)ccc1F.Cl. The van der Waals surface area contributed by atoms with E-state index in [9.17, 15) is 14.3 Å². The van der Waals surface area contributed by atoms with Gasteiger partial charge in [0.2, 0.25) is 0 Å². The molecular weight excluding hydrogens is 441 g/mol. The van der Waals surface area contributed by atoms with Crippen LogP contribution in [0.4, 0.5) is 4.39 Å². The average molecular weight is 466 g/mol. The van der Waals surface area contributed by atoms with Gasteiger partial charge in [-0.1, -0.05) is 42.5 Å². The quantitative estimate of drug-likeness (QED) is 0.322. The molecule has 33 heavy (non-hydrogen) atoms. The van der Waals surface area contributed by atoms with Gasteiger partial charge in [0, 0.05) is 12.6 Å². The highest BCUT2D eigenvalue weighted by Crippen LogP contribution is 2.31. The van der Waals surface area contributed by atoms with E-state index in [1.807, 2.05) is 31.2 Å². The third kappa shape index (κ3) is 5.33. The number of rotatable bonds is 7. The molecule has 4 nitrogen and oxygen atoms in total. The zero-order chi connectivity index (χ0) is 22.7. The molecule has 0 bridgehead atoms. The van der Waals surface area contributed by atoms with Crippen molar-refractivity contribution in [1.29, 1.82) is 0 Å². The van der Waals surface area contributed by atoms with Gasteiger partial charge in [0.25, 0.3) is 0 Å². The van der Waals surface area contributed by atoms with E-state index in [4.69, 9.17) is 4.74 Å². The van der Waals surface area contributed by atoms with Crippen LogP contribution in [0.1, 0.15) is 34.5 Å². The van der Waals surface area contributed by atoms with Crippen molar-refractivity contribution in [2.24, 2.45) is 0 Å². The second-order valence-electron chi connectivity index (χ2n) is 7.74. The summed E-state index contributed by atoms with van der Waals surface area (Å²) in [5, 5.41) is 14.9. The van der Waals surface area contributed by atoms with E-state index in [0.717, 1.165) is 33.0 Å². The van der Waals surface area contributed by atoms with Crippen molar-refractivity contribution < 1.29 is 19.0 Å². The zero-order valence-electron chi connectivity index (χ0n) is 18.3. The number of nitrogens with one attached hydrogen (secondary N) is 1. The number of fused-ring (bicyclic) bond motifs is 1. The molecule has 0 aliphatic heterocycles. The van der Waals surface area contributed by atoms with Gasteiger partial charge in [0.05, 0.1) is 12.7 Å². The maximum absolute atomic E-state index is 13.7. The number of carboxylic acid groups (broad SMARTS) is 1. The zero-order valence-corrected chi connectivity index (χ0v) is 19.2. The molecule has 170 valence electrons. The Balaban J connectivity index is 0.00000306. The molecule has 1 atom stereocenters. The lowest BCUT2D eigenvalue weighted by Crippen LogP contribution is -2.18. The molecule has 2 N–H and O–H groups in total. The first kappa shape index (κ1) is 24.2. The lowest BCUT2D eigenvalue weighted by Gasteiger charge is -2.17. The summed E-state index contributed by atoms with van der Waals surface area (Å²) in [5.74, 6) is -1.09. The smallest absolute Gasteiger partial charge is 0.335 e. The largest absolute Gasteiger partial charge is 0.494 e. The number of ether oxygens (including phenoxy) is 1. The van der Waals surface area contributed by atoms with E-state index in [1.54, 1.807) is 24.3 Å². The Morgan fingerprint density at radius 2 is 1.76 bits per heavy atom. The summed E-state index contributed by atoms with van der Waals surface area (Å²) in [6.07, 6.45) is 0. The fourth-order valence-electron chi connectivity index (χ4n) is 3.84. The summed E-state index contributed by atoms with van der Waals surface area (Å²) in [6.45, 7) is 2.64. The fraction of sp³-hybridized carbons (Fsp3) is 0.148. The average Bonchev–Trinajstić information content (AvgIpc) is 2.82. The summed E-state index contributed by atoms with van der Waals surface area (Å²) in [7, 11) is 1.46. The molecule has 6 heteroatoms. The summed E-state index contributed by atoms with van der Waals surface area (Å²) in [6, 6.07) is 24.2. The summed E-state index contributed by atoms with van der Waals surface area (Å²) >= 11 is 0. The Labute approximate surface area is 198 Å². The molecule has 0 aliphatic rings. The van der Waals surface area contributed by atoms with Gasteiger partial charge in [-0.2, -0.15) is 0 Å². The second-order valence-corrected chi connectivity index (χ2v) is 7.74. The molecule has 0 aromatic heterocycles. The molecule has 0 aliphatic carbocycles. The summed E-state index contributed by atoms with van der Waals surface area (Å²) < 4.78 is 18.8. The lowest BCUT2D eigenvalue weighted by atomic mass is 9.95. The van der Waals surface area contributed by atoms with Crippen LogP contribution in [0.15, 0.2) is 78.9 Å². The number of benzene rings is 4. The Bertz CT molecular complexity index is 1270. The van der Waals surface area contributed by atoms with Crippen LogP contribution in [0.3, 0.4) is 0 Å². The fourth-order valence-corrected chi connectivity index (χ4v) is 3.84. The number of carboxylic acids is 1. The Kier molecular flexibility index (Phi) is 7.69. The Morgan fingerprint density at radius 1 is 1.03 bits per heavy atom. The summed E-state index contributed by atoms with van der Waals surface area (Å²) in [5.41, 5.74) is 4.31. The molecule has 0 saturated carbocycles. The minimum Gasteiger partial charge on any atom is -0.494 e. The molecule has 4 rings (SSSR count). The molecular formula is C27H25ClFNO3. The number of carbonyl (C=O) groups is 1. The predicted octanol–water partition coefficient (Wildman–Crippen LogP) is 6.63. The third-order valence-corrected chi connectivity index (χ3v) is 5.65. The third-order valence-electron chi connectivity index (χ3n) is 5.65. The van der Waals surface area contributed by atoms with Crippen molar-refractivity contribution >= 4 is 29.1 Å². The first-order valence-electron chi connectivity index (χ1n) is 10.4. The molecule has 0 spiro atoms. The molecule has 0 heterocycles. The van der Waals surface area contributed by atoms with Crippen LogP contribution in [0, 0.1) is 5.82 Å². The number of halogens is 2. The standard InChI is InChI=1S/C27H24FNO3.ClH/c1-17(21-11-12-25(28)26(15-21)32-2)29-16-18-13-22-5-3-4-6-23(22)24(14-18)19-7-9-20(10-8-19)27(30)31;/h3-15,17,29H,16H2,1-2H3,(H,30,31);1H. The topological polar surface area (TPSA) is 58.6 Å². The van der Waals surface area contributed by atoms with Gasteiger partial charge in [-0.05, 0) is 76.3 Å². The minimum atomic E-state index is -0.939. The number of aromatic carboxylic acids is 1.